The number of aromatic nitrogens is 2. The standard InChI is InChI=1S/C15H16N4O2/c1-16-15-18-12-6-2-3-7-13(12)19(15)10-14(20)17-9-11-5-4-8-21-11/h2-8H,9-10H2,1H3,(H,16,18)(H,17,20). The van der Waals surface area contributed by atoms with Crippen LogP contribution >= 0.6 is 0 Å². The zero-order chi connectivity index (χ0) is 14.7. The van der Waals surface area contributed by atoms with Gasteiger partial charge >= 0.3 is 0 Å². The number of furan rings is 1. The Morgan fingerprint density at radius 2 is 2.14 bits per heavy atom. The molecule has 0 aliphatic heterocycles. The molecule has 0 atom stereocenters. The highest BCUT2D eigenvalue weighted by molar-refractivity contribution is 5.83. The largest absolute Gasteiger partial charge is 0.467 e. The Balaban J connectivity index is 1.76. The van der Waals surface area contributed by atoms with E-state index >= 15 is 0 Å². The molecule has 1 amide bonds. The monoisotopic (exact) mass is 284 g/mol. The zero-order valence-electron chi connectivity index (χ0n) is 11.7. The van der Waals surface area contributed by atoms with Crippen LogP contribution in [-0.4, -0.2) is 22.5 Å². The summed E-state index contributed by atoms with van der Waals surface area (Å²) in [5.41, 5.74) is 1.79. The molecule has 21 heavy (non-hydrogen) atoms. The van der Waals surface area contributed by atoms with E-state index in [0.29, 0.717) is 12.5 Å². The van der Waals surface area contributed by atoms with Crippen LogP contribution in [0, 0.1) is 0 Å². The Kier molecular flexibility index (Phi) is 3.59. The van der Waals surface area contributed by atoms with E-state index in [1.165, 1.54) is 0 Å². The quantitative estimate of drug-likeness (QED) is 0.751. The summed E-state index contributed by atoms with van der Waals surface area (Å²) >= 11 is 0. The molecule has 108 valence electrons. The van der Waals surface area contributed by atoms with Crippen molar-refractivity contribution in [3.05, 3.63) is 48.4 Å². The molecule has 0 bridgehead atoms. The van der Waals surface area contributed by atoms with Gasteiger partial charge in [0.1, 0.15) is 12.3 Å². The predicted molar refractivity (Wildman–Crippen MR) is 79.8 cm³/mol. The number of rotatable bonds is 5. The summed E-state index contributed by atoms with van der Waals surface area (Å²) in [6.45, 7) is 0.588. The molecule has 3 aromatic rings. The maximum Gasteiger partial charge on any atom is 0.240 e. The fourth-order valence-corrected chi connectivity index (χ4v) is 2.22. The highest BCUT2D eigenvalue weighted by Gasteiger charge is 2.12. The SMILES string of the molecule is CNc1nc2ccccc2n1CC(=O)NCc1ccco1. The summed E-state index contributed by atoms with van der Waals surface area (Å²) in [4.78, 5) is 16.5. The van der Waals surface area contributed by atoms with E-state index in [0.717, 1.165) is 16.8 Å². The maximum absolute atomic E-state index is 12.1. The molecule has 0 unspecified atom stereocenters. The zero-order valence-corrected chi connectivity index (χ0v) is 11.7. The lowest BCUT2D eigenvalue weighted by molar-refractivity contribution is -0.121. The third kappa shape index (κ3) is 2.74. The predicted octanol–water partition coefficient (Wildman–Crippen LogP) is 1.99. The molecule has 2 heterocycles. The van der Waals surface area contributed by atoms with Crippen LogP contribution in [0.5, 0.6) is 0 Å². The second-order valence-corrected chi connectivity index (χ2v) is 4.62. The summed E-state index contributed by atoms with van der Waals surface area (Å²) in [6.07, 6.45) is 1.59. The van der Waals surface area contributed by atoms with Crippen molar-refractivity contribution in [2.45, 2.75) is 13.1 Å². The molecule has 6 heteroatoms. The third-order valence-corrected chi connectivity index (χ3v) is 3.22. The highest BCUT2D eigenvalue weighted by atomic mass is 16.3. The molecule has 6 nitrogen and oxygen atoms in total. The number of hydrogen-bond acceptors (Lipinski definition) is 4. The van der Waals surface area contributed by atoms with E-state index in [2.05, 4.69) is 15.6 Å². The molecule has 2 N–H and O–H groups in total. The number of benzene rings is 1. The van der Waals surface area contributed by atoms with Gasteiger partial charge in [-0.15, -0.1) is 0 Å². The Morgan fingerprint density at radius 1 is 1.29 bits per heavy atom. The average Bonchev–Trinajstić information content (AvgIpc) is 3.13. The van der Waals surface area contributed by atoms with Crippen molar-refractivity contribution in [2.75, 3.05) is 12.4 Å². The van der Waals surface area contributed by atoms with Crippen LogP contribution in [0.15, 0.2) is 47.1 Å². The van der Waals surface area contributed by atoms with Gasteiger partial charge in [-0.2, -0.15) is 0 Å². The van der Waals surface area contributed by atoms with E-state index in [1.807, 2.05) is 34.9 Å². The molecule has 0 fully saturated rings. The molecule has 1 aromatic carbocycles. The van der Waals surface area contributed by atoms with Gasteiger partial charge in [-0.25, -0.2) is 4.98 Å². The number of hydrogen-bond donors (Lipinski definition) is 2. The number of fused-ring (bicyclic) bond motifs is 1. The van der Waals surface area contributed by atoms with Crippen LogP contribution in [0.4, 0.5) is 5.95 Å². The van der Waals surface area contributed by atoms with Gasteiger partial charge in [0.25, 0.3) is 0 Å². The lowest BCUT2D eigenvalue weighted by Crippen LogP contribution is -2.27. The van der Waals surface area contributed by atoms with Crippen molar-refractivity contribution < 1.29 is 9.21 Å². The molecular formula is C15H16N4O2. The van der Waals surface area contributed by atoms with E-state index in [-0.39, 0.29) is 12.5 Å². The number of nitrogens with zero attached hydrogens (tertiary/aromatic N) is 2. The van der Waals surface area contributed by atoms with Crippen LogP contribution in [-0.2, 0) is 17.9 Å². The number of carbonyl (C=O) groups is 1. The summed E-state index contributed by atoms with van der Waals surface area (Å²) in [5.74, 6) is 1.31. The van der Waals surface area contributed by atoms with Crippen LogP contribution in [0.25, 0.3) is 11.0 Å². The van der Waals surface area contributed by atoms with Gasteiger partial charge in [-0.1, -0.05) is 12.1 Å². The molecule has 2 aromatic heterocycles. The number of imidazole rings is 1. The van der Waals surface area contributed by atoms with Crippen molar-refractivity contribution >= 4 is 22.9 Å². The Labute approximate surface area is 121 Å². The summed E-state index contributed by atoms with van der Waals surface area (Å²) in [5, 5.41) is 5.84. The van der Waals surface area contributed by atoms with E-state index < -0.39 is 0 Å². The lowest BCUT2D eigenvalue weighted by atomic mass is 10.3. The molecule has 0 aliphatic carbocycles. The Morgan fingerprint density at radius 3 is 2.90 bits per heavy atom. The van der Waals surface area contributed by atoms with Gasteiger partial charge < -0.3 is 19.6 Å². The number of amides is 1. The van der Waals surface area contributed by atoms with Crippen molar-refractivity contribution in [3.8, 4) is 0 Å². The average molecular weight is 284 g/mol. The van der Waals surface area contributed by atoms with Gasteiger partial charge in [0.2, 0.25) is 11.9 Å². The Bertz CT molecular complexity index is 746. The van der Waals surface area contributed by atoms with E-state index in [4.69, 9.17) is 4.42 Å². The summed E-state index contributed by atoms with van der Waals surface area (Å²) in [6, 6.07) is 11.4. The minimum absolute atomic E-state index is 0.0916. The molecule has 3 rings (SSSR count). The maximum atomic E-state index is 12.1. The topological polar surface area (TPSA) is 72.1 Å². The minimum Gasteiger partial charge on any atom is -0.467 e. The summed E-state index contributed by atoms with van der Waals surface area (Å²) in [7, 11) is 1.79. The number of anilines is 1. The smallest absolute Gasteiger partial charge is 0.240 e. The lowest BCUT2D eigenvalue weighted by Gasteiger charge is -2.08. The summed E-state index contributed by atoms with van der Waals surface area (Å²) < 4.78 is 7.04. The van der Waals surface area contributed by atoms with Crippen LogP contribution in [0.2, 0.25) is 0 Å². The van der Waals surface area contributed by atoms with Gasteiger partial charge in [0.15, 0.2) is 0 Å². The van der Waals surface area contributed by atoms with Crippen LogP contribution in [0.3, 0.4) is 0 Å². The van der Waals surface area contributed by atoms with Gasteiger partial charge in [0, 0.05) is 7.05 Å². The molecule has 0 saturated carbocycles. The minimum atomic E-state index is -0.0916. The van der Waals surface area contributed by atoms with Crippen molar-refractivity contribution in [3.63, 3.8) is 0 Å². The fourth-order valence-electron chi connectivity index (χ4n) is 2.22. The van der Waals surface area contributed by atoms with Gasteiger partial charge in [0.05, 0.1) is 23.8 Å². The van der Waals surface area contributed by atoms with Crippen molar-refractivity contribution in [2.24, 2.45) is 0 Å². The van der Waals surface area contributed by atoms with Crippen LogP contribution in [0.1, 0.15) is 5.76 Å². The first-order valence-corrected chi connectivity index (χ1v) is 6.70. The fraction of sp³-hybridized carbons (Fsp3) is 0.200. The molecular weight excluding hydrogens is 268 g/mol. The molecule has 0 aliphatic rings. The molecule has 0 radical (unpaired) electrons. The Hall–Kier alpha value is -2.76. The normalized spacial score (nSPS) is 10.7. The molecule has 0 saturated heterocycles. The second-order valence-electron chi connectivity index (χ2n) is 4.62. The van der Waals surface area contributed by atoms with Crippen molar-refractivity contribution in [1.82, 2.24) is 14.9 Å². The van der Waals surface area contributed by atoms with Gasteiger partial charge in [-0.3, -0.25) is 4.79 Å². The van der Waals surface area contributed by atoms with Gasteiger partial charge in [-0.05, 0) is 24.3 Å². The third-order valence-electron chi connectivity index (χ3n) is 3.22. The highest BCUT2D eigenvalue weighted by Crippen LogP contribution is 2.18. The van der Waals surface area contributed by atoms with Crippen LogP contribution < -0.4 is 10.6 Å². The first-order chi connectivity index (χ1) is 10.3. The second kappa shape index (κ2) is 5.70. The van der Waals surface area contributed by atoms with Crippen molar-refractivity contribution in [1.29, 1.82) is 0 Å². The van der Waals surface area contributed by atoms with E-state index in [1.54, 1.807) is 19.4 Å². The number of nitrogens with one attached hydrogen (secondary N) is 2. The first-order valence-electron chi connectivity index (χ1n) is 6.70. The first kappa shape index (κ1) is 13.2. The number of carbonyl (C=O) groups excluding carboxylic acids is 1. The number of para-hydroxylation sites is 2. The molecule has 0 spiro atoms. The van der Waals surface area contributed by atoms with E-state index in [9.17, 15) is 4.79 Å².